The molecule has 13 rings (SSSR count). The standard InChI is InChI=1S/C60H39N3O/c1-3-13-40(14-4-1)41-23-28-45(29-24-41)61(46-30-25-42(26-31-46)43-27-36-57-52(37-43)49-17-7-10-20-55(49)62(57)44-15-5-2-6-16-44)47-32-34-48(35-33-47)63-56-21-11-8-18-50(56)53-38-54-51-19-9-12-22-59(51)64-60(54)39-58(53)63/h1-39H. The van der Waals surface area contributed by atoms with E-state index >= 15 is 0 Å². The molecule has 0 radical (unpaired) electrons. The minimum Gasteiger partial charge on any atom is -0.456 e. The SMILES string of the molecule is c1ccc(-c2ccc(N(c3ccc(-c4ccc5c(c4)c4ccccc4n5-c4ccccc4)cc3)c3ccc(-n4c5ccccc5c5cc6c(cc54)oc4ccccc46)cc3)cc2)cc1. The van der Waals surface area contributed by atoms with Crippen LogP contribution in [0.25, 0.3) is 99.2 Å². The van der Waals surface area contributed by atoms with Crippen molar-refractivity contribution in [3.63, 3.8) is 0 Å². The normalized spacial score (nSPS) is 11.8. The smallest absolute Gasteiger partial charge is 0.137 e. The van der Waals surface area contributed by atoms with Crippen LogP contribution in [0, 0.1) is 0 Å². The van der Waals surface area contributed by atoms with Crippen molar-refractivity contribution in [3.8, 4) is 33.6 Å². The van der Waals surface area contributed by atoms with Gasteiger partial charge in [-0.15, -0.1) is 0 Å². The van der Waals surface area contributed by atoms with Crippen LogP contribution in [0.1, 0.15) is 0 Å². The topological polar surface area (TPSA) is 26.2 Å². The molecule has 300 valence electrons. The van der Waals surface area contributed by atoms with Crippen LogP contribution < -0.4 is 4.90 Å². The molecule has 0 unspecified atom stereocenters. The van der Waals surface area contributed by atoms with Gasteiger partial charge < -0.3 is 18.5 Å². The summed E-state index contributed by atoms with van der Waals surface area (Å²) in [5, 5.41) is 7.19. The molecule has 0 bridgehead atoms. The quantitative estimate of drug-likeness (QED) is 0.160. The third-order valence-electron chi connectivity index (χ3n) is 12.9. The molecule has 0 saturated heterocycles. The zero-order valence-corrected chi connectivity index (χ0v) is 34.8. The molecule has 10 aromatic carbocycles. The predicted molar refractivity (Wildman–Crippen MR) is 268 cm³/mol. The molecule has 13 aromatic rings. The van der Waals surface area contributed by atoms with Crippen LogP contribution in [0.4, 0.5) is 17.1 Å². The first kappa shape index (κ1) is 36.1. The molecule has 4 heteroatoms. The van der Waals surface area contributed by atoms with Crippen molar-refractivity contribution in [2.75, 3.05) is 4.90 Å². The van der Waals surface area contributed by atoms with Gasteiger partial charge in [-0.1, -0.05) is 133 Å². The maximum absolute atomic E-state index is 6.40. The van der Waals surface area contributed by atoms with Crippen LogP contribution in [0.5, 0.6) is 0 Å². The first-order chi connectivity index (χ1) is 31.7. The van der Waals surface area contributed by atoms with Crippen LogP contribution in [0.2, 0.25) is 0 Å². The summed E-state index contributed by atoms with van der Waals surface area (Å²) < 4.78 is 11.1. The molecule has 0 aliphatic carbocycles. The van der Waals surface area contributed by atoms with Crippen molar-refractivity contribution in [2.24, 2.45) is 0 Å². The molecule has 0 N–H and O–H groups in total. The number of furan rings is 1. The van der Waals surface area contributed by atoms with Crippen LogP contribution >= 0.6 is 0 Å². The molecular formula is C60H39N3O. The molecule has 4 nitrogen and oxygen atoms in total. The Balaban J connectivity index is 0.910. The maximum atomic E-state index is 6.40. The van der Waals surface area contributed by atoms with E-state index in [1.54, 1.807) is 0 Å². The van der Waals surface area contributed by atoms with Crippen molar-refractivity contribution in [2.45, 2.75) is 0 Å². The van der Waals surface area contributed by atoms with Crippen molar-refractivity contribution in [3.05, 3.63) is 237 Å². The summed E-state index contributed by atoms with van der Waals surface area (Å²) in [6.07, 6.45) is 0. The van der Waals surface area contributed by atoms with Crippen molar-refractivity contribution in [1.29, 1.82) is 0 Å². The molecular weight excluding hydrogens is 779 g/mol. The fourth-order valence-corrected chi connectivity index (χ4v) is 9.91. The number of benzene rings is 10. The Bertz CT molecular complexity index is 3860. The number of para-hydroxylation sites is 4. The first-order valence-electron chi connectivity index (χ1n) is 21.8. The summed E-state index contributed by atoms with van der Waals surface area (Å²) in [5.74, 6) is 0. The van der Waals surface area contributed by atoms with Gasteiger partial charge in [-0.2, -0.15) is 0 Å². The Labute approximate surface area is 369 Å². The molecule has 64 heavy (non-hydrogen) atoms. The molecule has 0 amide bonds. The lowest BCUT2D eigenvalue weighted by Crippen LogP contribution is -2.10. The highest BCUT2D eigenvalue weighted by Crippen LogP contribution is 2.41. The summed E-state index contributed by atoms with van der Waals surface area (Å²) in [6.45, 7) is 0. The fourth-order valence-electron chi connectivity index (χ4n) is 9.91. The zero-order valence-electron chi connectivity index (χ0n) is 34.8. The number of anilines is 3. The molecule has 3 heterocycles. The fraction of sp³-hybridized carbons (Fsp3) is 0. The second-order valence-corrected chi connectivity index (χ2v) is 16.5. The number of aromatic nitrogens is 2. The lowest BCUT2D eigenvalue weighted by molar-refractivity contribution is 0.669. The van der Waals surface area contributed by atoms with Gasteiger partial charge in [0, 0.05) is 66.8 Å². The monoisotopic (exact) mass is 817 g/mol. The van der Waals surface area contributed by atoms with Gasteiger partial charge in [0.25, 0.3) is 0 Å². The van der Waals surface area contributed by atoms with Crippen molar-refractivity contribution < 1.29 is 4.42 Å². The van der Waals surface area contributed by atoms with Crippen molar-refractivity contribution >= 4 is 82.6 Å². The third-order valence-corrected chi connectivity index (χ3v) is 12.9. The van der Waals surface area contributed by atoms with E-state index in [2.05, 4.69) is 238 Å². The van der Waals surface area contributed by atoms with E-state index in [4.69, 9.17) is 4.42 Å². The Hall–Kier alpha value is -8.60. The third kappa shape index (κ3) is 5.77. The van der Waals surface area contributed by atoms with Gasteiger partial charge in [-0.3, -0.25) is 0 Å². The van der Waals surface area contributed by atoms with Gasteiger partial charge in [0.05, 0.1) is 22.1 Å². The first-order valence-corrected chi connectivity index (χ1v) is 21.8. The number of fused-ring (bicyclic) bond motifs is 9. The second-order valence-electron chi connectivity index (χ2n) is 16.5. The predicted octanol–water partition coefficient (Wildman–Crippen LogP) is 16.6. The molecule has 0 aliphatic heterocycles. The second kappa shape index (κ2) is 14.5. The molecule has 0 saturated carbocycles. The highest BCUT2D eigenvalue weighted by atomic mass is 16.3. The number of hydrogen-bond acceptors (Lipinski definition) is 2. The van der Waals surface area contributed by atoms with Gasteiger partial charge in [0.1, 0.15) is 11.2 Å². The summed E-state index contributed by atoms with van der Waals surface area (Å²) in [6, 6.07) is 85.1. The molecule has 3 aromatic heterocycles. The number of nitrogens with zero attached hydrogens (tertiary/aromatic N) is 3. The van der Waals surface area contributed by atoms with E-state index in [9.17, 15) is 0 Å². The summed E-state index contributed by atoms with van der Waals surface area (Å²) in [5.41, 5.74) is 16.7. The summed E-state index contributed by atoms with van der Waals surface area (Å²) in [7, 11) is 0. The molecule has 0 atom stereocenters. The lowest BCUT2D eigenvalue weighted by atomic mass is 10.0. The Kier molecular flexibility index (Phi) is 8.18. The van der Waals surface area contributed by atoms with Gasteiger partial charge in [-0.05, 0) is 119 Å². The minimum atomic E-state index is 0.891. The number of rotatable bonds is 7. The summed E-state index contributed by atoms with van der Waals surface area (Å²) >= 11 is 0. The van der Waals surface area contributed by atoms with Gasteiger partial charge >= 0.3 is 0 Å². The lowest BCUT2D eigenvalue weighted by Gasteiger charge is -2.26. The van der Waals surface area contributed by atoms with Crippen LogP contribution in [0.15, 0.2) is 241 Å². The Morgan fingerprint density at radius 2 is 0.719 bits per heavy atom. The largest absolute Gasteiger partial charge is 0.456 e. The van der Waals surface area contributed by atoms with E-state index in [-0.39, 0.29) is 0 Å². The van der Waals surface area contributed by atoms with E-state index in [1.807, 2.05) is 12.1 Å². The number of hydrogen-bond donors (Lipinski definition) is 0. The van der Waals surface area contributed by atoms with Crippen molar-refractivity contribution in [1.82, 2.24) is 9.13 Å². The molecule has 0 aliphatic rings. The van der Waals surface area contributed by atoms with Crippen LogP contribution in [-0.4, -0.2) is 9.13 Å². The van der Waals surface area contributed by atoms with Gasteiger partial charge in [0.15, 0.2) is 0 Å². The average molecular weight is 818 g/mol. The highest BCUT2D eigenvalue weighted by Gasteiger charge is 2.19. The maximum Gasteiger partial charge on any atom is 0.137 e. The van der Waals surface area contributed by atoms with Gasteiger partial charge in [0.2, 0.25) is 0 Å². The van der Waals surface area contributed by atoms with Gasteiger partial charge in [-0.25, -0.2) is 0 Å². The van der Waals surface area contributed by atoms with E-state index in [0.717, 1.165) is 61.4 Å². The Morgan fingerprint density at radius 1 is 0.266 bits per heavy atom. The molecule has 0 fully saturated rings. The highest BCUT2D eigenvalue weighted by molar-refractivity contribution is 6.17. The molecule has 0 spiro atoms. The van der Waals surface area contributed by atoms with Crippen LogP contribution in [0.3, 0.4) is 0 Å². The van der Waals surface area contributed by atoms with Crippen LogP contribution in [-0.2, 0) is 0 Å². The van der Waals surface area contributed by atoms with E-state index in [1.165, 1.54) is 54.8 Å². The van der Waals surface area contributed by atoms with E-state index < -0.39 is 0 Å². The zero-order chi connectivity index (χ0) is 42.1. The van der Waals surface area contributed by atoms with E-state index in [0.29, 0.717) is 0 Å². The Morgan fingerprint density at radius 3 is 1.38 bits per heavy atom. The average Bonchev–Trinajstić information content (AvgIpc) is 4.01. The minimum absolute atomic E-state index is 0.891. The summed E-state index contributed by atoms with van der Waals surface area (Å²) in [4.78, 5) is 2.35.